The van der Waals surface area contributed by atoms with Crippen molar-refractivity contribution in [3.63, 3.8) is 0 Å². The number of nitrogens with two attached hydrogens (primary N) is 1. The van der Waals surface area contributed by atoms with Crippen LogP contribution in [0.5, 0.6) is 0 Å². The highest BCUT2D eigenvalue weighted by Gasteiger charge is 2.50. The Bertz CT molecular complexity index is 937. The molecule has 8 heteroatoms. The highest BCUT2D eigenvalue weighted by atomic mass is 16.2. The normalized spacial score (nSPS) is 28.7. The molecule has 3 fully saturated rings. The van der Waals surface area contributed by atoms with Crippen molar-refractivity contribution >= 4 is 23.6 Å². The molecule has 3 N–H and O–H groups in total. The largest absolute Gasteiger partial charge is 0.327 e. The molecule has 4 aliphatic rings. The van der Waals surface area contributed by atoms with Gasteiger partial charge in [-0.3, -0.25) is 34.3 Å². The van der Waals surface area contributed by atoms with Crippen molar-refractivity contribution in [3.05, 3.63) is 34.9 Å². The van der Waals surface area contributed by atoms with E-state index in [4.69, 9.17) is 5.73 Å². The van der Waals surface area contributed by atoms with Gasteiger partial charge in [0.15, 0.2) is 0 Å². The van der Waals surface area contributed by atoms with Crippen molar-refractivity contribution in [2.45, 2.75) is 50.7 Å². The van der Waals surface area contributed by atoms with E-state index in [0.29, 0.717) is 17.7 Å². The third-order valence-electron chi connectivity index (χ3n) is 7.00. The molecule has 8 nitrogen and oxygen atoms in total. The summed E-state index contributed by atoms with van der Waals surface area (Å²) >= 11 is 0. The summed E-state index contributed by atoms with van der Waals surface area (Å²) in [4.78, 5) is 53.0. The lowest BCUT2D eigenvalue weighted by Crippen LogP contribution is -2.61. The van der Waals surface area contributed by atoms with E-state index in [1.165, 1.54) is 6.42 Å². The van der Waals surface area contributed by atoms with Gasteiger partial charge in [0, 0.05) is 37.5 Å². The third kappa shape index (κ3) is 2.73. The molecular weight excluding hydrogens is 372 g/mol. The van der Waals surface area contributed by atoms with Gasteiger partial charge in [0.25, 0.3) is 11.8 Å². The molecular formula is C21H24N4O4. The number of nitrogens with one attached hydrogen (secondary N) is 1. The summed E-state index contributed by atoms with van der Waals surface area (Å²) in [6.45, 7) is 2.41. The first-order valence-electron chi connectivity index (χ1n) is 10.2. The summed E-state index contributed by atoms with van der Waals surface area (Å²) in [7, 11) is 0. The minimum absolute atomic E-state index is 0.118. The zero-order valence-corrected chi connectivity index (χ0v) is 16.1. The number of hydrogen-bond donors (Lipinski definition) is 2. The second-order valence-electron chi connectivity index (χ2n) is 8.79. The fourth-order valence-corrected chi connectivity index (χ4v) is 5.47. The van der Waals surface area contributed by atoms with Crippen LogP contribution < -0.4 is 11.1 Å². The number of hydrogen-bond acceptors (Lipinski definition) is 6. The Kier molecular flexibility index (Phi) is 4.11. The first-order valence-corrected chi connectivity index (χ1v) is 10.2. The topological polar surface area (TPSA) is 113 Å². The third-order valence-corrected chi connectivity index (χ3v) is 7.00. The number of imide groups is 2. The van der Waals surface area contributed by atoms with Crippen LogP contribution in [0.2, 0.25) is 0 Å². The van der Waals surface area contributed by atoms with Crippen LogP contribution in [0.3, 0.4) is 0 Å². The van der Waals surface area contributed by atoms with Crippen LogP contribution in [0, 0.1) is 5.41 Å². The number of likely N-dealkylation sites (tertiary alicyclic amines) is 1. The van der Waals surface area contributed by atoms with Gasteiger partial charge in [-0.05, 0) is 30.9 Å². The fourth-order valence-electron chi connectivity index (χ4n) is 5.47. The van der Waals surface area contributed by atoms with Crippen LogP contribution in [0.25, 0.3) is 0 Å². The molecule has 0 bridgehead atoms. The average Bonchev–Trinajstić information content (AvgIpc) is 3.15. The summed E-state index contributed by atoms with van der Waals surface area (Å²) < 4.78 is 0. The highest BCUT2D eigenvalue weighted by molar-refractivity contribution is 6.24. The SMILES string of the molecule is NC1CCCC12CN(Cc1cccc3c1C(=O)N(C1CCC(=O)NC1=O)C3=O)C2. The molecule has 4 amide bonds. The molecule has 2 saturated heterocycles. The quantitative estimate of drug-likeness (QED) is 0.715. The van der Waals surface area contributed by atoms with Crippen LogP contribution in [-0.2, 0) is 16.1 Å². The minimum atomic E-state index is -0.934. The summed E-state index contributed by atoms with van der Waals surface area (Å²) in [6, 6.07) is 4.60. The molecule has 1 spiro atoms. The fraction of sp³-hybridized carbons (Fsp3) is 0.524. The predicted octanol–water partition coefficient (Wildman–Crippen LogP) is 0.401. The number of piperidine rings is 1. The van der Waals surface area contributed by atoms with Crippen molar-refractivity contribution in [3.8, 4) is 0 Å². The van der Waals surface area contributed by atoms with Gasteiger partial charge in [0.2, 0.25) is 11.8 Å². The molecule has 5 rings (SSSR count). The molecule has 0 radical (unpaired) electrons. The van der Waals surface area contributed by atoms with Crippen molar-refractivity contribution in [2.75, 3.05) is 13.1 Å². The summed E-state index contributed by atoms with van der Waals surface area (Å²) in [5, 5.41) is 2.23. The van der Waals surface area contributed by atoms with Crippen molar-refractivity contribution in [2.24, 2.45) is 11.1 Å². The summed E-state index contributed by atoms with van der Waals surface area (Å²) in [6.07, 6.45) is 3.68. The Labute approximate surface area is 168 Å². The Morgan fingerprint density at radius 1 is 1.10 bits per heavy atom. The van der Waals surface area contributed by atoms with E-state index in [1.54, 1.807) is 12.1 Å². The lowest BCUT2D eigenvalue weighted by atomic mass is 9.75. The van der Waals surface area contributed by atoms with Gasteiger partial charge < -0.3 is 5.73 Å². The minimum Gasteiger partial charge on any atom is -0.327 e. The van der Waals surface area contributed by atoms with Crippen molar-refractivity contribution < 1.29 is 19.2 Å². The summed E-state index contributed by atoms with van der Waals surface area (Å²) in [5.41, 5.74) is 8.02. The van der Waals surface area contributed by atoms with Gasteiger partial charge in [-0.1, -0.05) is 18.6 Å². The maximum atomic E-state index is 13.1. The molecule has 2 atom stereocenters. The van der Waals surface area contributed by atoms with Crippen molar-refractivity contribution in [1.82, 2.24) is 15.1 Å². The van der Waals surface area contributed by atoms with E-state index in [-0.39, 0.29) is 30.2 Å². The Morgan fingerprint density at radius 2 is 1.90 bits per heavy atom. The second-order valence-corrected chi connectivity index (χ2v) is 8.79. The zero-order valence-electron chi connectivity index (χ0n) is 16.1. The van der Waals surface area contributed by atoms with Gasteiger partial charge in [-0.25, -0.2) is 0 Å². The number of fused-ring (bicyclic) bond motifs is 1. The predicted molar refractivity (Wildman–Crippen MR) is 103 cm³/mol. The molecule has 2 unspecified atom stereocenters. The van der Waals surface area contributed by atoms with E-state index in [9.17, 15) is 19.2 Å². The Hall–Kier alpha value is -2.58. The van der Waals surface area contributed by atoms with Crippen LogP contribution in [0.1, 0.15) is 58.4 Å². The van der Waals surface area contributed by atoms with E-state index >= 15 is 0 Å². The highest BCUT2D eigenvalue weighted by Crippen LogP contribution is 2.45. The Morgan fingerprint density at radius 3 is 2.59 bits per heavy atom. The Balaban J connectivity index is 1.37. The van der Waals surface area contributed by atoms with Crippen LogP contribution in [0.4, 0.5) is 0 Å². The molecule has 1 aliphatic carbocycles. The molecule has 3 aliphatic heterocycles. The number of benzene rings is 1. The number of rotatable bonds is 3. The standard InChI is InChI=1S/C21H24N4O4/c22-15-5-2-8-21(15)10-24(11-21)9-12-3-1-4-13-17(12)20(29)25(19(13)28)14-6-7-16(26)23-18(14)27/h1,3-4,14-15H,2,5-11,22H2,(H,23,26,27). The van der Waals surface area contributed by atoms with E-state index in [1.807, 2.05) is 6.07 Å². The van der Waals surface area contributed by atoms with Crippen LogP contribution in [-0.4, -0.2) is 58.6 Å². The van der Waals surface area contributed by atoms with Gasteiger partial charge in [-0.15, -0.1) is 0 Å². The maximum absolute atomic E-state index is 13.1. The van der Waals surface area contributed by atoms with Gasteiger partial charge in [0.05, 0.1) is 11.1 Å². The van der Waals surface area contributed by atoms with E-state index in [0.717, 1.165) is 36.4 Å². The smallest absolute Gasteiger partial charge is 0.262 e. The number of carbonyl (C=O) groups excluding carboxylic acids is 4. The number of nitrogens with zero attached hydrogens (tertiary/aromatic N) is 2. The first kappa shape index (κ1) is 18.4. The molecule has 1 aromatic rings. The first-order chi connectivity index (χ1) is 13.9. The molecule has 1 aromatic carbocycles. The monoisotopic (exact) mass is 396 g/mol. The van der Waals surface area contributed by atoms with E-state index < -0.39 is 23.8 Å². The van der Waals surface area contributed by atoms with Crippen LogP contribution >= 0.6 is 0 Å². The van der Waals surface area contributed by atoms with Gasteiger partial charge in [-0.2, -0.15) is 0 Å². The summed E-state index contributed by atoms with van der Waals surface area (Å²) in [5.74, 6) is -1.86. The lowest BCUT2D eigenvalue weighted by molar-refractivity contribution is -0.136. The maximum Gasteiger partial charge on any atom is 0.262 e. The number of carbonyl (C=O) groups is 4. The molecule has 0 aromatic heterocycles. The molecule has 1 saturated carbocycles. The number of amides is 4. The molecule has 152 valence electrons. The van der Waals surface area contributed by atoms with E-state index in [2.05, 4.69) is 10.2 Å². The molecule has 29 heavy (non-hydrogen) atoms. The average molecular weight is 396 g/mol. The second kappa shape index (κ2) is 6.47. The van der Waals surface area contributed by atoms with Gasteiger partial charge in [0.1, 0.15) is 6.04 Å². The molecule has 3 heterocycles. The lowest BCUT2D eigenvalue weighted by Gasteiger charge is -2.51. The van der Waals surface area contributed by atoms with Crippen LogP contribution in [0.15, 0.2) is 18.2 Å². The zero-order chi connectivity index (χ0) is 20.3. The van der Waals surface area contributed by atoms with Crippen molar-refractivity contribution in [1.29, 1.82) is 0 Å². The van der Waals surface area contributed by atoms with Gasteiger partial charge >= 0.3 is 0 Å².